The molecule has 0 aromatic carbocycles. The smallest absolute Gasteiger partial charge is 0.157 e. The molecule has 16 heavy (non-hydrogen) atoms. The maximum absolute atomic E-state index is 9.88. The summed E-state index contributed by atoms with van der Waals surface area (Å²) in [5.74, 6) is 0.858. The highest BCUT2D eigenvalue weighted by atomic mass is 16.3. The fourth-order valence-electron chi connectivity index (χ4n) is 1.42. The molecule has 0 fully saturated rings. The molecular weight excluding hydrogens is 204 g/mol. The predicted molar refractivity (Wildman–Crippen MR) is 59.3 cm³/mol. The van der Waals surface area contributed by atoms with E-state index in [0.29, 0.717) is 18.1 Å². The van der Waals surface area contributed by atoms with Crippen molar-refractivity contribution in [2.45, 2.75) is 12.5 Å². The van der Waals surface area contributed by atoms with Crippen molar-refractivity contribution in [2.75, 3.05) is 5.73 Å². The molecule has 1 atom stereocenters. The number of nitrogens with zero attached hydrogens (tertiary/aromatic N) is 3. The van der Waals surface area contributed by atoms with Gasteiger partial charge in [-0.05, 0) is 23.8 Å². The van der Waals surface area contributed by atoms with E-state index in [1.807, 2.05) is 6.07 Å². The second-order valence-electron chi connectivity index (χ2n) is 3.42. The molecule has 0 saturated carbocycles. The Kier molecular flexibility index (Phi) is 3.07. The normalized spacial score (nSPS) is 12.3. The Morgan fingerprint density at radius 2 is 1.94 bits per heavy atom. The van der Waals surface area contributed by atoms with Crippen molar-refractivity contribution < 1.29 is 5.11 Å². The van der Waals surface area contributed by atoms with E-state index in [1.54, 1.807) is 30.7 Å². The number of anilines is 1. The number of hydrogen-bond acceptors (Lipinski definition) is 5. The number of aliphatic hydroxyl groups excluding tert-OH is 1. The molecule has 5 heteroatoms. The lowest BCUT2D eigenvalue weighted by molar-refractivity contribution is 0.168. The van der Waals surface area contributed by atoms with E-state index in [9.17, 15) is 5.11 Å². The van der Waals surface area contributed by atoms with E-state index in [0.717, 1.165) is 5.56 Å². The number of rotatable bonds is 3. The van der Waals surface area contributed by atoms with Gasteiger partial charge in [-0.3, -0.25) is 0 Å². The van der Waals surface area contributed by atoms with E-state index >= 15 is 0 Å². The average Bonchev–Trinajstić information content (AvgIpc) is 2.30. The van der Waals surface area contributed by atoms with Crippen LogP contribution in [0.5, 0.6) is 0 Å². The molecule has 82 valence electrons. The molecule has 0 saturated heterocycles. The number of nitrogen functional groups attached to an aromatic ring is 1. The van der Waals surface area contributed by atoms with Crippen molar-refractivity contribution in [1.82, 2.24) is 15.0 Å². The Hall–Kier alpha value is -2.01. The minimum Gasteiger partial charge on any atom is -0.385 e. The monoisotopic (exact) mass is 216 g/mol. The lowest BCUT2D eigenvalue weighted by Crippen LogP contribution is -2.06. The second kappa shape index (κ2) is 4.67. The quantitative estimate of drug-likeness (QED) is 0.790. The molecule has 5 nitrogen and oxygen atoms in total. The summed E-state index contributed by atoms with van der Waals surface area (Å²) in [7, 11) is 0. The number of hydrogen-bond donors (Lipinski definition) is 2. The summed E-state index contributed by atoms with van der Waals surface area (Å²) in [6.07, 6.45) is 4.53. The van der Waals surface area contributed by atoms with Gasteiger partial charge < -0.3 is 10.8 Å². The van der Waals surface area contributed by atoms with E-state index in [1.165, 1.54) is 0 Å². The molecule has 0 amide bonds. The Bertz CT molecular complexity index is 461. The van der Waals surface area contributed by atoms with Crippen LogP contribution in [-0.2, 0) is 6.42 Å². The molecule has 3 N–H and O–H groups in total. The molecule has 2 aromatic heterocycles. The van der Waals surface area contributed by atoms with Crippen LogP contribution in [0.15, 0.2) is 36.8 Å². The van der Waals surface area contributed by atoms with Gasteiger partial charge in [0.25, 0.3) is 0 Å². The molecule has 0 aliphatic rings. The summed E-state index contributed by atoms with van der Waals surface area (Å²) in [6, 6.07) is 5.25. The summed E-state index contributed by atoms with van der Waals surface area (Å²) in [4.78, 5) is 11.9. The van der Waals surface area contributed by atoms with Crippen molar-refractivity contribution in [3.8, 4) is 0 Å². The molecule has 0 aliphatic carbocycles. The van der Waals surface area contributed by atoms with Gasteiger partial charge >= 0.3 is 0 Å². The van der Waals surface area contributed by atoms with Crippen LogP contribution < -0.4 is 5.73 Å². The largest absolute Gasteiger partial charge is 0.385 e. The first kappa shape index (κ1) is 10.5. The zero-order chi connectivity index (χ0) is 11.4. The number of nitrogens with two attached hydrogens (primary N) is 1. The number of aliphatic hydroxyl groups is 1. The van der Waals surface area contributed by atoms with Gasteiger partial charge in [0.15, 0.2) is 5.82 Å². The van der Waals surface area contributed by atoms with Gasteiger partial charge in [0.05, 0.1) is 0 Å². The molecular formula is C11H12N4O. The molecule has 1 unspecified atom stereocenters. The third-order valence-electron chi connectivity index (χ3n) is 2.16. The van der Waals surface area contributed by atoms with E-state index in [2.05, 4.69) is 15.0 Å². The summed E-state index contributed by atoms with van der Waals surface area (Å²) in [6.45, 7) is 0. The second-order valence-corrected chi connectivity index (χ2v) is 3.42. The van der Waals surface area contributed by atoms with Crippen LogP contribution in [0.2, 0.25) is 0 Å². The first-order valence-corrected chi connectivity index (χ1v) is 4.91. The van der Waals surface area contributed by atoms with Crippen molar-refractivity contribution in [2.24, 2.45) is 0 Å². The number of pyridine rings is 1. The Morgan fingerprint density at radius 3 is 2.62 bits per heavy atom. The van der Waals surface area contributed by atoms with Crippen LogP contribution in [0.3, 0.4) is 0 Å². The zero-order valence-electron chi connectivity index (χ0n) is 8.61. The molecule has 0 bridgehead atoms. The van der Waals surface area contributed by atoms with Crippen LogP contribution in [-0.4, -0.2) is 20.1 Å². The van der Waals surface area contributed by atoms with Crippen LogP contribution >= 0.6 is 0 Å². The van der Waals surface area contributed by atoms with Gasteiger partial charge in [-0.15, -0.1) is 0 Å². The van der Waals surface area contributed by atoms with Crippen molar-refractivity contribution >= 4 is 5.82 Å². The lowest BCUT2D eigenvalue weighted by Gasteiger charge is -2.08. The molecule has 2 aromatic rings. The van der Waals surface area contributed by atoms with Crippen LogP contribution in [0, 0.1) is 0 Å². The maximum atomic E-state index is 9.88. The maximum Gasteiger partial charge on any atom is 0.157 e. The van der Waals surface area contributed by atoms with E-state index in [-0.39, 0.29) is 0 Å². The van der Waals surface area contributed by atoms with Gasteiger partial charge in [0.1, 0.15) is 11.9 Å². The Labute approximate surface area is 93.0 Å². The van der Waals surface area contributed by atoms with Crippen molar-refractivity contribution in [1.29, 1.82) is 0 Å². The first-order valence-electron chi connectivity index (χ1n) is 4.91. The average molecular weight is 216 g/mol. The molecule has 0 aliphatic heterocycles. The van der Waals surface area contributed by atoms with Crippen molar-refractivity contribution in [3.05, 3.63) is 48.2 Å². The Balaban J connectivity index is 2.11. The van der Waals surface area contributed by atoms with Gasteiger partial charge in [0.2, 0.25) is 0 Å². The van der Waals surface area contributed by atoms with Gasteiger partial charge in [-0.25, -0.2) is 15.0 Å². The SMILES string of the molecule is Nc1cc(CC(O)c2ncccn2)ccn1. The number of aromatic nitrogens is 3. The summed E-state index contributed by atoms with van der Waals surface area (Å²) < 4.78 is 0. The lowest BCUT2D eigenvalue weighted by atomic mass is 10.1. The van der Waals surface area contributed by atoms with Gasteiger partial charge in [0, 0.05) is 25.0 Å². The van der Waals surface area contributed by atoms with Gasteiger partial charge in [-0.1, -0.05) is 0 Å². The minimum absolute atomic E-state index is 0.415. The summed E-state index contributed by atoms with van der Waals surface area (Å²) >= 11 is 0. The molecule has 2 heterocycles. The highest BCUT2D eigenvalue weighted by molar-refractivity contribution is 5.32. The van der Waals surface area contributed by atoms with Crippen LogP contribution in [0.4, 0.5) is 5.82 Å². The third kappa shape index (κ3) is 2.52. The van der Waals surface area contributed by atoms with Crippen LogP contribution in [0.1, 0.15) is 17.5 Å². The van der Waals surface area contributed by atoms with E-state index < -0.39 is 6.10 Å². The standard InChI is InChI=1S/C11H12N4O/c12-10-7-8(2-5-13-10)6-9(16)11-14-3-1-4-15-11/h1-5,7,9,16H,6H2,(H2,12,13). The molecule has 0 radical (unpaired) electrons. The Morgan fingerprint density at radius 1 is 1.19 bits per heavy atom. The zero-order valence-corrected chi connectivity index (χ0v) is 8.61. The van der Waals surface area contributed by atoms with Crippen molar-refractivity contribution in [3.63, 3.8) is 0 Å². The topological polar surface area (TPSA) is 84.9 Å². The molecule has 2 rings (SSSR count). The minimum atomic E-state index is -0.719. The van der Waals surface area contributed by atoms with Crippen LogP contribution in [0.25, 0.3) is 0 Å². The molecule has 0 spiro atoms. The van der Waals surface area contributed by atoms with Gasteiger partial charge in [-0.2, -0.15) is 0 Å². The van der Waals surface area contributed by atoms with E-state index in [4.69, 9.17) is 5.73 Å². The first-order chi connectivity index (χ1) is 7.75. The fraction of sp³-hybridized carbons (Fsp3) is 0.182. The predicted octanol–water partition coefficient (Wildman–Crippen LogP) is 0.730. The summed E-state index contributed by atoms with van der Waals surface area (Å²) in [5.41, 5.74) is 6.46. The third-order valence-corrected chi connectivity index (χ3v) is 2.16. The summed E-state index contributed by atoms with van der Waals surface area (Å²) in [5, 5.41) is 9.88. The highest BCUT2D eigenvalue weighted by Crippen LogP contribution is 2.14. The fourth-order valence-corrected chi connectivity index (χ4v) is 1.42. The highest BCUT2D eigenvalue weighted by Gasteiger charge is 2.10.